The normalized spacial score (nSPS) is 14.4. The molecule has 228 valence electrons. The maximum absolute atomic E-state index is 8.07. The molecule has 2 nitrogen and oxygen atoms in total. The Bertz CT molecular complexity index is 2410. The largest absolute Gasteiger partial charge is 0.311 e. The minimum Gasteiger partial charge on any atom is -0.311 e. The highest BCUT2D eigenvalue weighted by Gasteiger charge is 2.50. The summed E-state index contributed by atoms with van der Waals surface area (Å²) in [4.78, 5) is 11.4. The van der Waals surface area contributed by atoms with Gasteiger partial charge in [-0.3, -0.25) is 0 Å². The van der Waals surface area contributed by atoms with Crippen LogP contribution in [0, 0.1) is 6.57 Å². The Balaban J connectivity index is 1.29. The lowest BCUT2D eigenvalue weighted by Gasteiger charge is -2.46. The van der Waals surface area contributed by atoms with Gasteiger partial charge in [-0.05, 0) is 56.5 Å². The van der Waals surface area contributed by atoms with Crippen molar-refractivity contribution in [2.45, 2.75) is 19.6 Å². The minimum atomic E-state index is -2.72. The number of para-hydroxylation sites is 2. The summed E-state index contributed by atoms with van der Waals surface area (Å²) >= 11 is 3.60. The van der Waals surface area contributed by atoms with Crippen LogP contribution in [0.4, 0.5) is 22.7 Å². The maximum atomic E-state index is 8.07. The van der Waals surface area contributed by atoms with Gasteiger partial charge in [-0.2, -0.15) is 0 Å². The standard InChI is InChI=1S/C43H27BN2S2Si/c1-45-32-27-28-38-42-43(32)48-36-23-11-8-19-31(36)44(42)41-35(22-14-24-37(41)47-38)46-33-20-9-12-25-39(33)49(29-15-4-2-5-16-29,30-17-6-3-7-18-30)40-26-13-10-21-34(40)46/h2-28H. The molecule has 3 aliphatic heterocycles. The van der Waals surface area contributed by atoms with E-state index in [1.807, 2.05) is 17.8 Å². The zero-order valence-electron chi connectivity index (χ0n) is 26.4. The van der Waals surface area contributed by atoms with Crippen LogP contribution < -0.4 is 42.0 Å². The molecule has 10 rings (SSSR count). The summed E-state index contributed by atoms with van der Waals surface area (Å²) in [5.74, 6) is 0. The van der Waals surface area contributed by atoms with Crippen LogP contribution in [0.5, 0.6) is 0 Å². The molecule has 0 radical (unpaired) electrons. The summed E-state index contributed by atoms with van der Waals surface area (Å²) in [6.45, 7) is 8.09. The zero-order chi connectivity index (χ0) is 32.5. The first-order chi connectivity index (χ1) is 24.3. The molecule has 0 aliphatic carbocycles. The van der Waals surface area contributed by atoms with Crippen molar-refractivity contribution in [1.82, 2.24) is 0 Å². The predicted octanol–water partition coefficient (Wildman–Crippen LogP) is 6.84. The lowest BCUT2D eigenvalue weighted by molar-refractivity contribution is 1.27. The average molecular weight is 675 g/mol. The van der Waals surface area contributed by atoms with E-state index in [2.05, 4.69) is 167 Å². The molecule has 0 atom stereocenters. The SMILES string of the molecule is [C-]#[N+]c1ccc2c3c1Sc1ccccc1B3c1c(cccc1N1c3ccccc3[Si](c3ccccc3)(c3ccccc3)c3ccccc31)S2. The Morgan fingerprint density at radius 3 is 1.71 bits per heavy atom. The molecular weight excluding hydrogens is 648 g/mol. The van der Waals surface area contributed by atoms with Crippen molar-refractivity contribution in [3.8, 4) is 0 Å². The van der Waals surface area contributed by atoms with Gasteiger partial charge >= 0.3 is 0 Å². The second-order valence-electron chi connectivity index (χ2n) is 12.7. The van der Waals surface area contributed by atoms with Crippen LogP contribution >= 0.6 is 23.5 Å². The summed E-state index contributed by atoms with van der Waals surface area (Å²) in [5, 5.41) is 5.55. The van der Waals surface area contributed by atoms with Gasteiger partial charge in [-0.25, -0.2) is 4.85 Å². The first kappa shape index (κ1) is 28.8. The Kier molecular flexibility index (Phi) is 6.57. The second kappa shape index (κ2) is 11.2. The number of hydrogen-bond donors (Lipinski definition) is 0. The molecule has 7 aromatic carbocycles. The molecule has 3 aliphatic rings. The number of hydrogen-bond acceptors (Lipinski definition) is 3. The number of fused-ring (bicyclic) bond motifs is 6. The van der Waals surface area contributed by atoms with Crippen LogP contribution in [0.1, 0.15) is 0 Å². The van der Waals surface area contributed by atoms with Gasteiger partial charge in [-0.15, -0.1) is 11.8 Å². The van der Waals surface area contributed by atoms with Gasteiger partial charge in [0.2, 0.25) is 6.71 Å². The van der Waals surface area contributed by atoms with Crippen molar-refractivity contribution in [3.05, 3.63) is 175 Å². The molecular formula is C43H27BN2S2Si. The molecule has 0 fully saturated rings. The highest BCUT2D eigenvalue weighted by atomic mass is 32.2. The summed E-state index contributed by atoms with van der Waals surface area (Å²) in [6.07, 6.45) is 0. The molecule has 0 saturated carbocycles. The average Bonchev–Trinajstić information content (AvgIpc) is 3.17. The van der Waals surface area contributed by atoms with Crippen molar-refractivity contribution in [3.63, 3.8) is 0 Å². The quantitative estimate of drug-likeness (QED) is 0.150. The molecule has 0 saturated heterocycles. The van der Waals surface area contributed by atoms with Crippen LogP contribution in [0.3, 0.4) is 0 Å². The molecule has 3 heterocycles. The fourth-order valence-corrected chi connectivity index (χ4v) is 16.0. The van der Waals surface area contributed by atoms with Crippen LogP contribution in [0.25, 0.3) is 4.85 Å². The van der Waals surface area contributed by atoms with E-state index < -0.39 is 8.07 Å². The van der Waals surface area contributed by atoms with E-state index in [1.54, 1.807) is 11.8 Å². The number of rotatable bonds is 3. The summed E-state index contributed by atoms with van der Waals surface area (Å²) in [7, 11) is -2.72. The van der Waals surface area contributed by atoms with Crippen molar-refractivity contribution in [2.75, 3.05) is 4.90 Å². The molecule has 0 spiro atoms. The van der Waals surface area contributed by atoms with Crippen LogP contribution in [-0.2, 0) is 0 Å². The Morgan fingerprint density at radius 2 is 1.04 bits per heavy atom. The zero-order valence-corrected chi connectivity index (χ0v) is 29.0. The van der Waals surface area contributed by atoms with Gasteiger partial charge in [0, 0.05) is 36.6 Å². The lowest BCUT2D eigenvalue weighted by atomic mass is 9.36. The molecule has 0 amide bonds. The summed E-state index contributed by atoms with van der Waals surface area (Å²) < 4.78 is 0. The Labute approximate surface area is 296 Å². The fourth-order valence-electron chi connectivity index (χ4n) is 8.40. The topological polar surface area (TPSA) is 7.60 Å². The first-order valence-electron chi connectivity index (χ1n) is 16.5. The number of nitrogens with zero attached hydrogens (tertiary/aromatic N) is 2. The third-order valence-corrected chi connectivity index (χ3v) is 17.5. The van der Waals surface area contributed by atoms with E-state index in [9.17, 15) is 0 Å². The van der Waals surface area contributed by atoms with Crippen LogP contribution in [0.2, 0.25) is 0 Å². The molecule has 49 heavy (non-hydrogen) atoms. The second-order valence-corrected chi connectivity index (χ2v) is 18.5. The number of anilines is 3. The number of benzene rings is 7. The Morgan fingerprint density at radius 1 is 0.490 bits per heavy atom. The molecule has 0 unspecified atom stereocenters. The molecule has 6 heteroatoms. The monoisotopic (exact) mass is 674 g/mol. The van der Waals surface area contributed by atoms with E-state index >= 15 is 0 Å². The third-order valence-electron chi connectivity index (χ3n) is 10.3. The Hall–Kier alpha value is -5.19. The fraction of sp³-hybridized carbons (Fsp3) is 0. The van der Waals surface area contributed by atoms with Crippen molar-refractivity contribution in [1.29, 1.82) is 0 Å². The van der Waals surface area contributed by atoms with Gasteiger partial charge in [0.15, 0.2) is 13.8 Å². The van der Waals surface area contributed by atoms with Gasteiger partial charge < -0.3 is 4.90 Å². The van der Waals surface area contributed by atoms with Crippen LogP contribution in [-0.4, -0.2) is 14.8 Å². The highest BCUT2D eigenvalue weighted by Crippen LogP contribution is 2.45. The van der Waals surface area contributed by atoms with Crippen LogP contribution in [0.15, 0.2) is 183 Å². The molecule has 0 bridgehead atoms. The predicted molar refractivity (Wildman–Crippen MR) is 210 cm³/mol. The van der Waals surface area contributed by atoms with Gasteiger partial charge in [-0.1, -0.05) is 156 Å². The maximum Gasteiger partial charge on any atom is 0.248 e. The van der Waals surface area contributed by atoms with E-state index in [4.69, 9.17) is 6.57 Å². The lowest BCUT2D eigenvalue weighted by Crippen LogP contribution is -2.77. The van der Waals surface area contributed by atoms with E-state index in [0.717, 1.165) is 10.6 Å². The first-order valence-corrected chi connectivity index (χ1v) is 20.1. The minimum absolute atomic E-state index is 0.0168. The van der Waals surface area contributed by atoms with Gasteiger partial charge in [0.25, 0.3) is 0 Å². The van der Waals surface area contributed by atoms with Gasteiger partial charge in [0.05, 0.1) is 6.57 Å². The summed E-state index contributed by atoms with van der Waals surface area (Å²) in [5.41, 5.74) is 8.31. The van der Waals surface area contributed by atoms with E-state index in [-0.39, 0.29) is 6.71 Å². The highest BCUT2D eigenvalue weighted by molar-refractivity contribution is 8.01. The summed E-state index contributed by atoms with van der Waals surface area (Å²) in [6, 6.07) is 60.5. The molecule has 7 aromatic rings. The molecule has 0 aromatic heterocycles. The smallest absolute Gasteiger partial charge is 0.248 e. The molecule has 0 N–H and O–H groups in total. The van der Waals surface area contributed by atoms with Crippen molar-refractivity contribution < 1.29 is 0 Å². The van der Waals surface area contributed by atoms with Gasteiger partial charge in [0.1, 0.15) is 0 Å². The van der Waals surface area contributed by atoms with Crippen molar-refractivity contribution in [2.24, 2.45) is 0 Å². The van der Waals surface area contributed by atoms with E-state index in [1.165, 1.54) is 68.9 Å². The third kappa shape index (κ3) is 4.04. The van der Waals surface area contributed by atoms with Crippen molar-refractivity contribution >= 4 is 98.2 Å². The van der Waals surface area contributed by atoms with E-state index in [0.29, 0.717) is 0 Å².